The average Bonchev–Trinajstić information content (AvgIpc) is 2.55. The second-order valence-electron chi connectivity index (χ2n) is 6.54. The first-order valence-electron chi connectivity index (χ1n) is 7.76. The molecule has 0 saturated carbocycles. The van der Waals surface area contributed by atoms with E-state index in [0.29, 0.717) is 5.41 Å². The van der Waals surface area contributed by atoms with E-state index < -0.39 is 0 Å². The van der Waals surface area contributed by atoms with Crippen LogP contribution in [0.1, 0.15) is 37.8 Å². The van der Waals surface area contributed by atoms with Gasteiger partial charge in [-0.2, -0.15) is 0 Å². The molecule has 0 unspecified atom stereocenters. The second-order valence-corrected chi connectivity index (χ2v) is 6.54. The molecule has 2 aromatic rings. The Morgan fingerprint density at radius 2 is 1.50 bits per heavy atom. The number of anilines is 1. The molecule has 0 radical (unpaired) electrons. The fraction of sp³-hybridized carbons (Fsp3) is 0.368. The zero-order valence-corrected chi connectivity index (χ0v) is 13.2. The molecule has 3 rings (SSSR count). The summed E-state index contributed by atoms with van der Waals surface area (Å²) in [5, 5.41) is 0. The molecule has 0 spiro atoms. The molecule has 0 atom stereocenters. The lowest BCUT2D eigenvalue weighted by molar-refractivity contribution is 0.278. The van der Waals surface area contributed by atoms with Crippen LogP contribution in [-0.4, -0.2) is 23.1 Å². The van der Waals surface area contributed by atoms with Crippen LogP contribution in [0.2, 0.25) is 0 Å². The summed E-state index contributed by atoms with van der Waals surface area (Å²) in [5.41, 5.74) is 2.30. The Kier molecular flexibility index (Phi) is 4.11. The first kappa shape index (κ1) is 14.6. The van der Waals surface area contributed by atoms with Gasteiger partial charge in [-0.05, 0) is 30.4 Å². The minimum Gasteiger partial charge on any atom is -0.341 e. The quantitative estimate of drug-likeness (QED) is 0.753. The van der Waals surface area contributed by atoms with Gasteiger partial charge in [0, 0.05) is 31.0 Å². The molecule has 2 heterocycles. The zero-order valence-electron chi connectivity index (χ0n) is 13.2. The van der Waals surface area contributed by atoms with Crippen LogP contribution in [0.25, 0.3) is 0 Å². The van der Waals surface area contributed by atoms with Crippen LogP contribution < -0.4 is 4.90 Å². The van der Waals surface area contributed by atoms with Crippen LogP contribution in [0, 0.1) is 17.3 Å². The van der Waals surface area contributed by atoms with Gasteiger partial charge in [-0.3, -0.25) is 0 Å². The van der Waals surface area contributed by atoms with Gasteiger partial charge in [0.15, 0.2) is 0 Å². The number of hydrogen-bond donors (Lipinski definition) is 0. The summed E-state index contributed by atoms with van der Waals surface area (Å²) in [5.74, 6) is 7.06. The Balaban J connectivity index is 1.68. The van der Waals surface area contributed by atoms with Gasteiger partial charge >= 0.3 is 0 Å². The standard InChI is InChI=1S/C19H21N3/c1-19(2)10-12-22(13-11-19)18-20-14-17(15-21-18)9-8-16-6-4-3-5-7-16/h3-7,14-15H,10-13H2,1-2H3. The molecule has 22 heavy (non-hydrogen) atoms. The number of hydrogen-bond acceptors (Lipinski definition) is 3. The molecule has 0 amide bonds. The Labute approximate surface area is 132 Å². The maximum Gasteiger partial charge on any atom is 0.225 e. The van der Waals surface area contributed by atoms with Crippen molar-refractivity contribution in [3.8, 4) is 11.8 Å². The number of benzene rings is 1. The van der Waals surface area contributed by atoms with Crippen molar-refractivity contribution >= 4 is 5.95 Å². The molecule has 1 fully saturated rings. The first-order chi connectivity index (χ1) is 10.6. The lowest BCUT2D eigenvalue weighted by atomic mass is 9.83. The monoisotopic (exact) mass is 291 g/mol. The van der Waals surface area contributed by atoms with E-state index in [-0.39, 0.29) is 0 Å². The van der Waals surface area contributed by atoms with Crippen molar-refractivity contribution in [2.75, 3.05) is 18.0 Å². The fourth-order valence-electron chi connectivity index (χ4n) is 2.53. The summed E-state index contributed by atoms with van der Waals surface area (Å²) in [6.07, 6.45) is 6.01. The van der Waals surface area contributed by atoms with Gasteiger partial charge in [0.1, 0.15) is 0 Å². The van der Waals surface area contributed by atoms with Crippen molar-refractivity contribution in [3.63, 3.8) is 0 Å². The molecule has 0 aliphatic carbocycles. The molecular weight excluding hydrogens is 270 g/mol. The van der Waals surface area contributed by atoms with Crippen LogP contribution in [-0.2, 0) is 0 Å². The third kappa shape index (κ3) is 3.65. The summed E-state index contributed by atoms with van der Waals surface area (Å²) in [6.45, 7) is 6.71. The topological polar surface area (TPSA) is 29.0 Å². The van der Waals surface area contributed by atoms with E-state index in [1.807, 2.05) is 42.7 Å². The summed E-state index contributed by atoms with van der Waals surface area (Å²) in [6, 6.07) is 9.96. The summed E-state index contributed by atoms with van der Waals surface area (Å²) >= 11 is 0. The highest BCUT2D eigenvalue weighted by Gasteiger charge is 2.26. The number of nitrogens with zero attached hydrogens (tertiary/aromatic N) is 3. The maximum absolute atomic E-state index is 4.47. The maximum atomic E-state index is 4.47. The van der Waals surface area contributed by atoms with Gasteiger partial charge in [-0.25, -0.2) is 9.97 Å². The lowest BCUT2D eigenvalue weighted by Crippen LogP contribution is -2.38. The average molecular weight is 291 g/mol. The van der Waals surface area contributed by atoms with Crippen molar-refractivity contribution in [1.82, 2.24) is 9.97 Å². The molecule has 3 nitrogen and oxygen atoms in total. The highest BCUT2D eigenvalue weighted by atomic mass is 15.2. The SMILES string of the molecule is CC1(C)CCN(c2ncc(C#Cc3ccccc3)cn2)CC1. The smallest absolute Gasteiger partial charge is 0.225 e. The Bertz CT molecular complexity index is 668. The largest absolute Gasteiger partial charge is 0.341 e. The molecule has 112 valence electrons. The van der Waals surface area contributed by atoms with Crippen molar-refractivity contribution < 1.29 is 0 Å². The van der Waals surface area contributed by atoms with Gasteiger partial charge < -0.3 is 4.90 Å². The third-order valence-electron chi connectivity index (χ3n) is 4.16. The van der Waals surface area contributed by atoms with Crippen molar-refractivity contribution in [2.24, 2.45) is 5.41 Å². The Hall–Kier alpha value is -2.34. The Morgan fingerprint density at radius 1 is 0.909 bits per heavy atom. The summed E-state index contributed by atoms with van der Waals surface area (Å²) < 4.78 is 0. The predicted molar refractivity (Wildman–Crippen MR) is 89.7 cm³/mol. The van der Waals surface area contributed by atoms with Crippen LogP contribution >= 0.6 is 0 Å². The molecule has 1 aromatic heterocycles. The minimum atomic E-state index is 0.442. The van der Waals surface area contributed by atoms with Gasteiger partial charge in [-0.1, -0.05) is 43.9 Å². The third-order valence-corrected chi connectivity index (χ3v) is 4.16. The van der Waals surface area contributed by atoms with Gasteiger partial charge in [0.2, 0.25) is 5.95 Å². The van der Waals surface area contributed by atoms with Crippen LogP contribution in [0.4, 0.5) is 5.95 Å². The lowest BCUT2D eigenvalue weighted by Gasteiger charge is -2.36. The van der Waals surface area contributed by atoms with Crippen molar-refractivity contribution in [2.45, 2.75) is 26.7 Å². The van der Waals surface area contributed by atoms with E-state index in [2.05, 4.69) is 40.6 Å². The van der Waals surface area contributed by atoms with Crippen LogP contribution in [0.5, 0.6) is 0 Å². The van der Waals surface area contributed by atoms with Gasteiger partial charge in [0.25, 0.3) is 0 Å². The van der Waals surface area contributed by atoms with E-state index in [1.165, 1.54) is 12.8 Å². The second kappa shape index (κ2) is 6.19. The molecule has 1 saturated heterocycles. The van der Waals surface area contributed by atoms with Crippen molar-refractivity contribution in [3.05, 3.63) is 53.9 Å². The van der Waals surface area contributed by atoms with Crippen LogP contribution in [0.15, 0.2) is 42.7 Å². The van der Waals surface area contributed by atoms with Gasteiger partial charge in [-0.15, -0.1) is 0 Å². The molecule has 1 aliphatic heterocycles. The van der Waals surface area contributed by atoms with E-state index in [0.717, 1.165) is 30.2 Å². The molecule has 0 N–H and O–H groups in total. The van der Waals surface area contributed by atoms with E-state index in [1.54, 1.807) is 0 Å². The van der Waals surface area contributed by atoms with Gasteiger partial charge in [0.05, 0.1) is 5.56 Å². The molecule has 1 aliphatic rings. The first-order valence-corrected chi connectivity index (χ1v) is 7.76. The number of aromatic nitrogens is 2. The van der Waals surface area contributed by atoms with Crippen LogP contribution in [0.3, 0.4) is 0 Å². The normalized spacial score (nSPS) is 16.7. The highest BCUT2D eigenvalue weighted by molar-refractivity contribution is 5.42. The van der Waals surface area contributed by atoms with E-state index in [9.17, 15) is 0 Å². The van der Waals surface area contributed by atoms with E-state index >= 15 is 0 Å². The van der Waals surface area contributed by atoms with E-state index in [4.69, 9.17) is 0 Å². The molecular formula is C19H21N3. The van der Waals surface area contributed by atoms with Crippen molar-refractivity contribution in [1.29, 1.82) is 0 Å². The zero-order chi connectivity index (χ0) is 15.4. The minimum absolute atomic E-state index is 0.442. The summed E-state index contributed by atoms with van der Waals surface area (Å²) in [7, 11) is 0. The highest BCUT2D eigenvalue weighted by Crippen LogP contribution is 2.30. The predicted octanol–water partition coefficient (Wildman–Crippen LogP) is 3.50. The fourth-order valence-corrected chi connectivity index (χ4v) is 2.53. The molecule has 0 bridgehead atoms. The molecule has 3 heteroatoms. The summed E-state index contributed by atoms with van der Waals surface area (Å²) in [4.78, 5) is 11.2. The number of rotatable bonds is 1. The number of piperidine rings is 1. The Morgan fingerprint density at radius 3 is 2.14 bits per heavy atom. The molecule has 1 aromatic carbocycles.